The van der Waals surface area contributed by atoms with E-state index < -0.39 is 11.4 Å². The average molecular weight is 407 g/mol. The van der Waals surface area contributed by atoms with E-state index in [9.17, 15) is 14.9 Å². The van der Waals surface area contributed by atoms with Crippen molar-refractivity contribution in [3.63, 3.8) is 0 Å². The molecule has 8 nitrogen and oxygen atoms in total. The number of hydrogen-bond acceptors (Lipinski definition) is 7. The molecule has 0 aliphatic rings. The van der Waals surface area contributed by atoms with Crippen LogP contribution in [0.5, 0.6) is 0 Å². The molecule has 10 heteroatoms. The Kier molecular flexibility index (Phi) is 6.98. The summed E-state index contributed by atoms with van der Waals surface area (Å²) in [5.41, 5.74) is 4.34. The zero-order valence-electron chi connectivity index (χ0n) is 15.4. The van der Waals surface area contributed by atoms with Crippen molar-refractivity contribution in [2.45, 2.75) is 44.4 Å². The maximum atomic E-state index is 12.3. The van der Waals surface area contributed by atoms with Crippen molar-refractivity contribution in [2.24, 2.45) is 11.7 Å². The molecule has 0 aliphatic carbocycles. The predicted octanol–water partition coefficient (Wildman–Crippen LogP) is 2.03. The first-order chi connectivity index (χ1) is 12.8. The molecule has 0 saturated carbocycles. The Labute approximate surface area is 166 Å². The van der Waals surface area contributed by atoms with Crippen molar-refractivity contribution in [2.75, 3.05) is 5.75 Å². The topological polar surface area (TPSA) is 127 Å². The number of aromatic nitrogens is 3. The lowest BCUT2D eigenvalue weighted by molar-refractivity contribution is -0.120. The molecule has 0 aromatic carbocycles. The minimum atomic E-state index is -0.931. The molecule has 2 aromatic rings. The number of primary amides is 1. The Morgan fingerprint density at radius 2 is 2.22 bits per heavy atom. The number of carbonyl (C=O) groups is 2. The minimum Gasteiger partial charge on any atom is -0.370 e. The van der Waals surface area contributed by atoms with Gasteiger partial charge in [0.1, 0.15) is 5.54 Å². The second-order valence-electron chi connectivity index (χ2n) is 6.46. The van der Waals surface area contributed by atoms with Gasteiger partial charge in [0.15, 0.2) is 11.0 Å². The standard InChI is InChI=1S/C17H22N6O2S2/c1-11(2)17(3,10-18)20-14(25)9-27-16-22-21-15(12-5-4-8-26-12)23(16)7-6-13(19)24/h4-5,8,11H,6-7,9H2,1-3H3,(H2,19,24)(H,20,25). The third-order valence-electron chi connectivity index (χ3n) is 4.16. The monoisotopic (exact) mass is 406 g/mol. The third-order valence-corrected chi connectivity index (χ3v) is 5.99. The van der Waals surface area contributed by atoms with Crippen molar-refractivity contribution in [1.29, 1.82) is 5.26 Å². The second-order valence-corrected chi connectivity index (χ2v) is 8.35. The van der Waals surface area contributed by atoms with E-state index in [1.54, 1.807) is 11.5 Å². The molecule has 144 valence electrons. The van der Waals surface area contributed by atoms with E-state index in [4.69, 9.17) is 5.73 Å². The molecular weight excluding hydrogens is 384 g/mol. The van der Waals surface area contributed by atoms with Crippen LogP contribution in [0.2, 0.25) is 0 Å². The first-order valence-corrected chi connectivity index (χ1v) is 10.2. The molecule has 0 fully saturated rings. The highest BCUT2D eigenvalue weighted by atomic mass is 32.2. The number of nitrogens with two attached hydrogens (primary N) is 1. The molecule has 3 N–H and O–H groups in total. The van der Waals surface area contributed by atoms with Crippen molar-refractivity contribution < 1.29 is 9.59 Å². The van der Waals surface area contributed by atoms with Gasteiger partial charge in [-0.15, -0.1) is 21.5 Å². The van der Waals surface area contributed by atoms with Crippen LogP contribution in [0.25, 0.3) is 10.7 Å². The Hall–Kier alpha value is -2.38. The van der Waals surface area contributed by atoms with Gasteiger partial charge in [-0.25, -0.2) is 0 Å². The summed E-state index contributed by atoms with van der Waals surface area (Å²) < 4.78 is 1.79. The highest BCUT2D eigenvalue weighted by molar-refractivity contribution is 7.99. The summed E-state index contributed by atoms with van der Waals surface area (Å²) in [5, 5.41) is 22.9. The van der Waals surface area contributed by atoms with Crippen molar-refractivity contribution in [1.82, 2.24) is 20.1 Å². The number of thioether (sulfide) groups is 1. The van der Waals surface area contributed by atoms with Gasteiger partial charge in [-0.05, 0) is 24.3 Å². The number of rotatable bonds is 9. The molecule has 1 unspecified atom stereocenters. The Morgan fingerprint density at radius 3 is 2.78 bits per heavy atom. The van der Waals surface area contributed by atoms with Gasteiger partial charge in [0.2, 0.25) is 11.8 Å². The minimum absolute atomic E-state index is 0.0268. The summed E-state index contributed by atoms with van der Waals surface area (Å²) in [6.45, 7) is 5.79. The van der Waals surface area contributed by atoms with Gasteiger partial charge in [0.25, 0.3) is 0 Å². The van der Waals surface area contributed by atoms with Crippen molar-refractivity contribution >= 4 is 34.9 Å². The first kappa shape index (κ1) is 20.9. The maximum absolute atomic E-state index is 12.3. The normalized spacial score (nSPS) is 13.1. The summed E-state index contributed by atoms with van der Waals surface area (Å²) in [5.74, 6) is 0.0128. The fraction of sp³-hybridized carbons (Fsp3) is 0.471. The van der Waals surface area contributed by atoms with Gasteiger partial charge >= 0.3 is 0 Å². The molecule has 2 amide bonds. The van der Waals surface area contributed by atoms with Gasteiger partial charge < -0.3 is 15.6 Å². The zero-order chi connectivity index (χ0) is 20.0. The Bertz CT molecular complexity index is 840. The van der Waals surface area contributed by atoms with Crippen LogP contribution in [0.15, 0.2) is 22.7 Å². The van der Waals surface area contributed by atoms with Gasteiger partial charge in [0.05, 0.1) is 16.7 Å². The van der Waals surface area contributed by atoms with E-state index in [0.29, 0.717) is 17.5 Å². The molecule has 0 radical (unpaired) electrons. The summed E-state index contributed by atoms with van der Waals surface area (Å²) in [6, 6.07) is 5.97. The molecular formula is C17H22N6O2S2. The van der Waals surface area contributed by atoms with Gasteiger partial charge in [-0.3, -0.25) is 9.59 Å². The molecule has 0 saturated heterocycles. The van der Waals surface area contributed by atoms with Crippen LogP contribution in [-0.4, -0.2) is 37.9 Å². The van der Waals surface area contributed by atoms with Gasteiger partial charge in [-0.2, -0.15) is 5.26 Å². The summed E-state index contributed by atoms with van der Waals surface area (Å²) in [6.07, 6.45) is 0.149. The number of carbonyl (C=O) groups excluding carboxylic acids is 2. The van der Waals surface area contributed by atoms with E-state index in [-0.39, 0.29) is 24.0 Å². The molecule has 2 aromatic heterocycles. The van der Waals surface area contributed by atoms with Crippen LogP contribution in [0.1, 0.15) is 27.2 Å². The largest absolute Gasteiger partial charge is 0.370 e. The molecule has 2 heterocycles. The maximum Gasteiger partial charge on any atom is 0.231 e. The van der Waals surface area contributed by atoms with Crippen LogP contribution in [0.4, 0.5) is 0 Å². The first-order valence-electron chi connectivity index (χ1n) is 8.37. The van der Waals surface area contributed by atoms with Crippen LogP contribution in [0, 0.1) is 17.2 Å². The summed E-state index contributed by atoms with van der Waals surface area (Å²) in [4.78, 5) is 24.4. The van der Waals surface area contributed by atoms with Crippen molar-refractivity contribution in [3.05, 3.63) is 17.5 Å². The quantitative estimate of drug-likeness (QED) is 0.614. The second kappa shape index (κ2) is 9.01. The predicted molar refractivity (Wildman–Crippen MR) is 105 cm³/mol. The van der Waals surface area contributed by atoms with Gasteiger partial charge in [0, 0.05) is 13.0 Å². The highest BCUT2D eigenvalue weighted by Crippen LogP contribution is 2.27. The molecule has 0 bridgehead atoms. The van der Waals surface area contributed by atoms with E-state index in [0.717, 1.165) is 4.88 Å². The highest BCUT2D eigenvalue weighted by Gasteiger charge is 2.30. The van der Waals surface area contributed by atoms with E-state index in [2.05, 4.69) is 21.6 Å². The van der Waals surface area contributed by atoms with E-state index in [1.807, 2.05) is 31.4 Å². The summed E-state index contributed by atoms with van der Waals surface area (Å²) >= 11 is 2.72. The Balaban J connectivity index is 2.13. The van der Waals surface area contributed by atoms with Crippen LogP contribution < -0.4 is 11.1 Å². The lowest BCUT2D eigenvalue weighted by Gasteiger charge is -2.27. The average Bonchev–Trinajstić information content (AvgIpc) is 3.26. The van der Waals surface area contributed by atoms with E-state index >= 15 is 0 Å². The van der Waals surface area contributed by atoms with Gasteiger partial charge in [-0.1, -0.05) is 31.7 Å². The lowest BCUT2D eigenvalue weighted by atomic mass is 9.90. The zero-order valence-corrected chi connectivity index (χ0v) is 17.1. The van der Waals surface area contributed by atoms with Crippen LogP contribution in [0.3, 0.4) is 0 Å². The molecule has 0 aliphatic heterocycles. The number of nitrogens with zero attached hydrogens (tertiary/aromatic N) is 4. The smallest absolute Gasteiger partial charge is 0.231 e. The lowest BCUT2D eigenvalue weighted by Crippen LogP contribution is -2.49. The molecule has 27 heavy (non-hydrogen) atoms. The third kappa shape index (κ3) is 5.30. The van der Waals surface area contributed by atoms with Crippen molar-refractivity contribution in [3.8, 4) is 16.8 Å². The molecule has 1 atom stereocenters. The molecule has 0 spiro atoms. The van der Waals surface area contributed by atoms with Crippen LogP contribution >= 0.6 is 23.1 Å². The fourth-order valence-corrected chi connectivity index (χ4v) is 3.65. The number of thiophene rings is 1. The SMILES string of the molecule is CC(C)C(C)(C#N)NC(=O)CSc1nnc(-c2cccs2)n1CCC(N)=O. The fourth-order valence-electron chi connectivity index (χ4n) is 2.16. The number of hydrogen-bond donors (Lipinski definition) is 2. The van der Waals surface area contributed by atoms with Crippen LogP contribution in [-0.2, 0) is 16.1 Å². The molecule has 2 rings (SSSR count). The Morgan fingerprint density at radius 1 is 1.48 bits per heavy atom. The number of nitrogens with one attached hydrogen (secondary N) is 1. The number of amides is 2. The van der Waals surface area contributed by atoms with E-state index in [1.165, 1.54) is 23.1 Å². The summed E-state index contributed by atoms with van der Waals surface area (Å²) in [7, 11) is 0. The number of nitriles is 1.